The van der Waals surface area contributed by atoms with Crippen LogP contribution in [0.3, 0.4) is 0 Å². The summed E-state index contributed by atoms with van der Waals surface area (Å²) < 4.78 is 34.0. The van der Waals surface area contributed by atoms with Gasteiger partial charge in [-0.1, -0.05) is 64.6 Å². The number of benzene rings is 3. The zero-order valence-corrected chi connectivity index (χ0v) is 18.1. The van der Waals surface area contributed by atoms with Gasteiger partial charge in [0.25, 0.3) is 10.1 Å². The summed E-state index contributed by atoms with van der Waals surface area (Å²) in [4.78, 5) is 0. The van der Waals surface area contributed by atoms with Crippen molar-refractivity contribution in [2.45, 2.75) is 4.75 Å². The quantitative estimate of drug-likeness (QED) is 0.311. The lowest BCUT2D eigenvalue weighted by Gasteiger charge is -2.34. The summed E-state index contributed by atoms with van der Waals surface area (Å²) >= 11 is 24.9. The van der Waals surface area contributed by atoms with Gasteiger partial charge in [0.15, 0.2) is 4.75 Å². The van der Waals surface area contributed by atoms with E-state index in [1.807, 2.05) is 0 Å². The Morgan fingerprint density at radius 1 is 0.759 bits per heavy atom. The molecule has 0 amide bonds. The Bertz CT molecular complexity index is 1150. The minimum atomic E-state index is -5.14. The second kappa shape index (κ2) is 7.87. The van der Waals surface area contributed by atoms with Crippen LogP contribution in [0.4, 0.5) is 0 Å². The van der Waals surface area contributed by atoms with Gasteiger partial charge in [-0.25, -0.2) is 0 Å². The number of rotatable bonds is 4. The van der Waals surface area contributed by atoms with E-state index in [4.69, 9.17) is 46.4 Å². The van der Waals surface area contributed by atoms with E-state index >= 15 is 0 Å². The molecule has 3 aromatic rings. The molecule has 0 saturated carbocycles. The smallest absolute Gasteiger partial charge is 0.283 e. The number of hydrogen-bond donors (Lipinski definition) is 3. The van der Waals surface area contributed by atoms with Gasteiger partial charge in [0.05, 0.1) is 0 Å². The predicted octanol–water partition coefficient (Wildman–Crippen LogP) is 5.89. The lowest BCUT2D eigenvalue weighted by atomic mass is 9.83. The molecular formula is C19H12Cl4O5S. The van der Waals surface area contributed by atoms with Crippen molar-refractivity contribution in [3.05, 3.63) is 91.4 Å². The van der Waals surface area contributed by atoms with Crippen LogP contribution < -0.4 is 0 Å². The molecule has 0 aliphatic rings. The Hall–Kier alpha value is -1.67. The molecule has 3 aromatic carbocycles. The molecule has 0 aromatic heterocycles. The molecule has 0 radical (unpaired) electrons. The van der Waals surface area contributed by atoms with Crippen LogP contribution in [0.1, 0.15) is 16.7 Å². The fraction of sp³-hybridized carbons (Fsp3) is 0.0526. The Morgan fingerprint density at radius 3 is 1.79 bits per heavy atom. The first-order chi connectivity index (χ1) is 13.5. The second-order valence-corrected chi connectivity index (χ2v) is 9.30. The van der Waals surface area contributed by atoms with Crippen molar-refractivity contribution in [1.82, 2.24) is 0 Å². The van der Waals surface area contributed by atoms with Crippen molar-refractivity contribution in [3.63, 3.8) is 0 Å². The third-order valence-electron chi connectivity index (χ3n) is 4.36. The predicted molar refractivity (Wildman–Crippen MR) is 114 cm³/mol. The van der Waals surface area contributed by atoms with E-state index in [1.54, 1.807) is 0 Å². The highest BCUT2D eigenvalue weighted by Gasteiger charge is 2.53. The van der Waals surface area contributed by atoms with Crippen LogP contribution in [-0.2, 0) is 14.9 Å². The highest BCUT2D eigenvalue weighted by Crippen LogP contribution is 2.53. The van der Waals surface area contributed by atoms with Crippen LogP contribution in [0.15, 0.2) is 54.6 Å². The van der Waals surface area contributed by atoms with Crippen LogP contribution in [0, 0.1) is 0 Å². The van der Waals surface area contributed by atoms with Crippen molar-refractivity contribution in [3.8, 4) is 11.5 Å². The Kier molecular flexibility index (Phi) is 5.98. The SMILES string of the molecule is O=S(=O)(O)C(c1ccc(O)cc1)(c1c(O)cccc1Cl)c1c(Cl)cc(Cl)cc1Cl. The van der Waals surface area contributed by atoms with E-state index in [2.05, 4.69) is 0 Å². The van der Waals surface area contributed by atoms with Gasteiger partial charge in [-0.05, 0) is 42.0 Å². The summed E-state index contributed by atoms with van der Waals surface area (Å²) in [6, 6.07) is 11.4. The molecule has 0 fully saturated rings. The van der Waals surface area contributed by atoms with Crippen molar-refractivity contribution >= 4 is 56.5 Å². The average Bonchev–Trinajstić information content (AvgIpc) is 2.59. The van der Waals surface area contributed by atoms with Crippen molar-refractivity contribution in [2.75, 3.05) is 0 Å². The van der Waals surface area contributed by atoms with Gasteiger partial charge in [-0.3, -0.25) is 4.55 Å². The maximum absolute atomic E-state index is 13.0. The van der Waals surface area contributed by atoms with Crippen molar-refractivity contribution in [2.24, 2.45) is 0 Å². The topological polar surface area (TPSA) is 94.8 Å². The summed E-state index contributed by atoms with van der Waals surface area (Å²) in [5.74, 6) is -0.681. The molecule has 0 spiro atoms. The Balaban J connectivity index is 2.66. The molecule has 0 aliphatic carbocycles. The number of phenols is 2. The molecule has 1 atom stereocenters. The van der Waals surface area contributed by atoms with Crippen LogP contribution >= 0.6 is 46.4 Å². The third kappa shape index (κ3) is 3.65. The summed E-state index contributed by atoms with van der Waals surface area (Å²) in [5, 5.41) is 19.8. The summed E-state index contributed by atoms with van der Waals surface area (Å²) in [7, 11) is -5.14. The minimum Gasteiger partial charge on any atom is -0.508 e. The van der Waals surface area contributed by atoms with E-state index in [9.17, 15) is 23.2 Å². The number of phenolic OH excluding ortho intramolecular Hbond substituents is 2. The lowest BCUT2D eigenvalue weighted by molar-refractivity contribution is 0.440. The van der Waals surface area contributed by atoms with E-state index in [-0.39, 0.29) is 42.5 Å². The van der Waals surface area contributed by atoms with Crippen LogP contribution in [-0.4, -0.2) is 23.2 Å². The fourth-order valence-corrected chi connectivity index (χ4v) is 6.22. The van der Waals surface area contributed by atoms with Crippen LogP contribution in [0.25, 0.3) is 0 Å². The standard InChI is InChI=1S/C19H12Cl4O5S/c20-11-8-14(22)17(15(23)9-11)19(29(26,27)28,10-4-6-12(24)7-5-10)18-13(21)2-1-3-16(18)25/h1-9,24-25H,(H,26,27,28). The molecule has 1 unspecified atom stereocenters. The minimum absolute atomic E-state index is 0.0766. The molecule has 3 N–H and O–H groups in total. The van der Waals surface area contributed by atoms with Gasteiger partial charge < -0.3 is 10.2 Å². The highest BCUT2D eigenvalue weighted by atomic mass is 35.5. The largest absolute Gasteiger partial charge is 0.508 e. The second-order valence-electron chi connectivity index (χ2n) is 6.08. The Labute approximate surface area is 186 Å². The molecule has 3 rings (SSSR count). The first kappa shape index (κ1) is 22.0. The van der Waals surface area contributed by atoms with E-state index < -0.39 is 20.6 Å². The zero-order valence-electron chi connectivity index (χ0n) is 14.3. The number of aromatic hydroxyl groups is 2. The first-order valence-corrected chi connectivity index (χ1v) is 10.8. The van der Waals surface area contributed by atoms with Crippen LogP contribution in [0.2, 0.25) is 20.1 Å². The van der Waals surface area contributed by atoms with E-state index in [1.165, 1.54) is 54.6 Å². The van der Waals surface area contributed by atoms with Gasteiger partial charge in [-0.15, -0.1) is 0 Å². The fourth-order valence-electron chi connectivity index (χ4n) is 3.26. The summed E-state index contributed by atoms with van der Waals surface area (Å²) in [6.45, 7) is 0. The highest BCUT2D eigenvalue weighted by molar-refractivity contribution is 7.87. The van der Waals surface area contributed by atoms with Crippen LogP contribution in [0.5, 0.6) is 11.5 Å². The molecule has 0 heterocycles. The molecule has 0 saturated heterocycles. The molecule has 152 valence electrons. The zero-order chi connectivity index (χ0) is 21.6. The summed E-state index contributed by atoms with van der Waals surface area (Å²) in [5.41, 5.74) is -0.699. The lowest BCUT2D eigenvalue weighted by Crippen LogP contribution is -2.39. The monoisotopic (exact) mass is 492 g/mol. The molecular weight excluding hydrogens is 482 g/mol. The normalized spacial score (nSPS) is 13.8. The molecule has 5 nitrogen and oxygen atoms in total. The molecule has 0 bridgehead atoms. The maximum Gasteiger partial charge on any atom is 0.283 e. The first-order valence-electron chi connectivity index (χ1n) is 7.89. The van der Waals surface area contributed by atoms with Gasteiger partial charge >= 0.3 is 0 Å². The average molecular weight is 494 g/mol. The number of halogens is 4. The third-order valence-corrected chi connectivity index (χ3v) is 6.91. The Morgan fingerprint density at radius 2 is 1.31 bits per heavy atom. The summed E-state index contributed by atoms with van der Waals surface area (Å²) in [6.07, 6.45) is 0. The van der Waals surface area contributed by atoms with Crippen molar-refractivity contribution in [1.29, 1.82) is 0 Å². The van der Waals surface area contributed by atoms with Gasteiger partial charge in [0.2, 0.25) is 0 Å². The van der Waals surface area contributed by atoms with E-state index in [0.29, 0.717) is 0 Å². The van der Waals surface area contributed by atoms with Crippen molar-refractivity contribution < 1.29 is 23.2 Å². The van der Waals surface area contributed by atoms with E-state index in [0.717, 1.165) is 0 Å². The van der Waals surface area contributed by atoms with Gasteiger partial charge in [-0.2, -0.15) is 8.42 Å². The molecule has 29 heavy (non-hydrogen) atoms. The van der Waals surface area contributed by atoms with Gasteiger partial charge in [0.1, 0.15) is 11.5 Å². The molecule has 0 aliphatic heterocycles. The number of hydrogen-bond acceptors (Lipinski definition) is 4. The van der Waals surface area contributed by atoms with Gasteiger partial charge in [0, 0.05) is 31.2 Å². The molecule has 10 heteroatoms. The maximum atomic E-state index is 13.0.